The van der Waals surface area contributed by atoms with Crippen molar-refractivity contribution in [3.63, 3.8) is 0 Å². The molecule has 0 aromatic carbocycles. The van der Waals surface area contributed by atoms with E-state index in [1.165, 1.54) is 17.9 Å². The molecule has 1 unspecified atom stereocenters. The number of amides is 2. The summed E-state index contributed by atoms with van der Waals surface area (Å²) in [6, 6.07) is 1.36. The SMILES string of the molecule is Cc1cc(NC2CCC(=O)N(C)C2=O)n2ncnc2n1. The number of likely N-dealkylation sites (N-methyl/N-ethyl adjacent to an activating group) is 1. The van der Waals surface area contributed by atoms with E-state index >= 15 is 0 Å². The Kier molecular flexibility index (Phi) is 2.85. The molecule has 1 aliphatic heterocycles. The number of aromatic nitrogens is 4. The molecule has 0 bridgehead atoms. The summed E-state index contributed by atoms with van der Waals surface area (Å²) >= 11 is 0. The van der Waals surface area contributed by atoms with Crippen LogP contribution in [0.2, 0.25) is 0 Å². The van der Waals surface area contributed by atoms with Gasteiger partial charge in [-0.3, -0.25) is 14.5 Å². The summed E-state index contributed by atoms with van der Waals surface area (Å²) in [7, 11) is 1.50. The summed E-state index contributed by atoms with van der Waals surface area (Å²) in [6.45, 7) is 1.85. The van der Waals surface area contributed by atoms with Crippen LogP contribution < -0.4 is 5.32 Å². The molecule has 3 rings (SSSR count). The number of fused-ring (bicyclic) bond motifs is 1. The number of imide groups is 1. The zero-order valence-corrected chi connectivity index (χ0v) is 11.2. The van der Waals surface area contributed by atoms with Gasteiger partial charge >= 0.3 is 0 Å². The highest BCUT2D eigenvalue weighted by molar-refractivity contribution is 6.01. The predicted octanol–water partition coefficient (Wildman–Crippen LogP) is -0.00798. The van der Waals surface area contributed by atoms with Crippen LogP contribution in [0.15, 0.2) is 12.4 Å². The van der Waals surface area contributed by atoms with E-state index in [2.05, 4.69) is 20.4 Å². The molecule has 1 N–H and O–H groups in total. The summed E-state index contributed by atoms with van der Waals surface area (Å²) in [5.74, 6) is 0.736. The van der Waals surface area contributed by atoms with Gasteiger partial charge in [0.25, 0.3) is 11.7 Å². The Bertz CT molecular complexity index is 694. The van der Waals surface area contributed by atoms with Gasteiger partial charge in [-0.2, -0.15) is 14.6 Å². The summed E-state index contributed by atoms with van der Waals surface area (Å²) < 4.78 is 1.54. The zero-order valence-electron chi connectivity index (χ0n) is 11.2. The normalized spacial score (nSPS) is 19.7. The van der Waals surface area contributed by atoms with Crippen LogP contribution in [0.5, 0.6) is 0 Å². The van der Waals surface area contributed by atoms with Crippen molar-refractivity contribution in [1.29, 1.82) is 0 Å². The number of hydrogen-bond donors (Lipinski definition) is 1. The Labute approximate surface area is 114 Å². The fourth-order valence-corrected chi connectivity index (χ4v) is 2.26. The van der Waals surface area contributed by atoms with Crippen LogP contribution in [0.4, 0.5) is 5.82 Å². The van der Waals surface area contributed by atoms with Crippen LogP contribution in [0.25, 0.3) is 5.78 Å². The third-order valence-corrected chi connectivity index (χ3v) is 3.35. The maximum atomic E-state index is 12.1. The molecule has 2 aromatic heterocycles. The molecule has 1 atom stereocenters. The molecular weight excluding hydrogens is 260 g/mol. The molecule has 3 heterocycles. The maximum Gasteiger partial charge on any atom is 0.254 e. The smallest absolute Gasteiger partial charge is 0.254 e. The second-order valence-electron chi connectivity index (χ2n) is 4.78. The number of aryl methyl sites for hydroxylation is 1. The van der Waals surface area contributed by atoms with E-state index < -0.39 is 6.04 Å². The van der Waals surface area contributed by atoms with Gasteiger partial charge in [0, 0.05) is 25.2 Å². The van der Waals surface area contributed by atoms with E-state index in [1.54, 1.807) is 6.07 Å². The third kappa shape index (κ3) is 1.98. The minimum Gasteiger partial charge on any atom is -0.358 e. The predicted molar refractivity (Wildman–Crippen MR) is 69.9 cm³/mol. The Morgan fingerprint density at radius 2 is 2.20 bits per heavy atom. The van der Waals surface area contributed by atoms with Crippen molar-refractivity contribution < 1.29 is 9.59 Å². The molecular formula is C12H14N6O2. The number of hydrogen-bond acceptors (Lipinski definition) is 6. The molecule has 0 saturated carbocycles. The highest BCUT2D eigenvalue weighted by Gasteiger charge is 2.32. The number of carbonyl (C=O) groups excluding carboxylic acids is 2. The largest absolute Gasteiger partial charge is 0.358 e. The van der Waals surface area contributed by atoms with Gasteiger partial charge in [0.2, 0.25) is 5.91 Å². The number of nitrogens with one attached hydrogen (secondary N) is 1. The summed E-state index contributed by atoms with van der Waals surface area (Å²) in [4.78, 5) is 33.0. The first-order valence-corrected chi connectivity index (χ1v) is 6.30. The summed E-state index contributed by atoms with van der Waals surface area (Å²) in [5.41, 5.74) is 0.778. The maximum absolute atomic E-state index is 12.1. The van der Waals surface area contributed by atoms with E-state index in [0.29, 0.717) is 24.4 Å². The average Bonchev–Trinajstić information content (AvgIpc) is 2.87. The van der Waals surface area contributed by atoms with E-state index in [4.69, 9.17) is 0 Å². The molecule has 1 aliphatic rings. The quantitative estimate of drug-likeness (QED) is 0.774. The number of nitrogens with zero attached hydrogens (tertiary/aromatic N) is 5. The van der Waals surface area contributed by atoms with Gasteiger partial charge in [0.15, 0.2) is 0 Å². The number of piperidine rings is 1. The first-order chi connectivity index (χ1) is 9.56. The molecule has 20 heavy (non-hydrogen) atoms. The van der Waals surface area contributed by atoms with Crippen molar-refractivity contribution in [3.8, 4) is 0 Å². The zero-order chi connectivity index (χ0) is 14.3. The molecule has 0 aliphatic carbocycles. The highest BCUT2D eigenvalue weighted by Crippen LogP contribution is 2.18. The van der Waals surface area contributed by atoms with Gasteiger partial charge in [-0.05, 0) is 13.3 Å². The lowest BCUT2D eigenvalue weighted by Crippen LogP contribution is -2.48. The minimum absolute atomic E-state index is 0.148. The first kappa shape index (κ1) is 12.5. The van der Waals surface area contributed by atoms with Crippen molar-refractivity contribution >= 4 is 23.4 Å². The van der Waals surface area contributed by atoms with Gasteiger partial charge in [-0.15, -0.1) is 0 Å². The lowest BCUT2D eigenvalue weighted by molar-refractivity contribution is -0.146. The van der Waals surface area contributed by atoms with E-state index in [1.807, 2.05) is 6.92 Å². The Hall–Kier alpha value is -2.51. The number of likely N-dealkylation sites (tertiary alicyclic amines) is 1. The Morgan fingerprint density at radius 3 is 3.00 bits per heavy atom. The topological polar surface area (TPSA) is 92.5 Å². The lowest BCUT2D eigenvalue weighted by atomic mass is 10.0. The van der Waals surface area contributed by atoms with Crippen LogP contribution in [-0.2, 0) is 9.59 Å². The Morgan fingerprint density at radius 1 is 1.40 bits per heavy atom. The molecule has 0 spiro atoms. The summed E-state index contributed by atoms with van der Waals surface area (Å²) in [5, 5.41) is 7.20. The van der Waals surface area contributed by atoms with Crippen molar-refractivity contribution in [2.24, 2.45) is 0 Å². The van der Waals surface area contributed by atoms with Gasteiger partial charge in [0.05, 0.1) is 0 Å². The Balaban J connectivity index is 1.91. The van der Waals surface area contributed by atoms with Crippen LogP contribution >= 0.6 is 0 Å². The second kappa shape index (κ2) is 4.55. The van der Waals surface area contributed by atoms with E-state index in [9.17, 15) is 9.59 Å². The molecule has 8 nitrogen and oxygen atoms in total. The number of rotatable bonds is 2. The summed E-state index contributed by atoms with van der Waals surface area (Å²) in [6.07, 6.45) is 2.23. The fraction of sp³-hybridized carbons (Fsp3) is 0.417. The first-order valence-electron chi connectivity index (χ1n) is 6.30. The second-order valence-corrected chi connectivity index (χ2v) is 4.78. The van der Waals surface area contributed by atoms with Crippen molar-refractivity contribution in [1.82, 2.24) is 24.5 Å². The van der Waals surface area contributed by atoms with Crippen LogP contribution in [0, 0.1) is 6.92 Å². The lowest BCUT2D eigenvalue weighted by Gasteiger charge is -2.28. The average molecular weight is 274 g/mol. The molecule has 8 heteroatoms. The fourth-order valence-electron chi connectivity index (χ4n) is 2.26. The van der Waals surface area contributed by atoms with Crippen LogP contribution in [0.3, 0.4) is 0 Å². The van der Waals surface area contributed by atoms with Gasteiger partial charge < -0.3 is 5.32 Å². The van der Waals surface area contributed by atoms with Crippen molar-refractivity contribution in [3.05, 3.63) is 18.1 Å². The van der Waals surface area contributed by atoms with Crippen LogP contribution in [0.1, 0.15) is 18.5 Å². The standard InChI is InChI=1S/C12H14N6O2/c1-7-5-9(18-12(15-7)13-6-14-18)16-8-3-4-10(19)17(2)11(8)20/h5-6,8,16H,3-4H2,1-2H3. The third-order valence-electron chi connectivity index (χ3n) is 3.35. The monoisotopic (exact) mass is 274 g/mol. The number of carbonyl (C=O) groups is 2. The van der Waals surface area contributed by atoms with E-state index in [0.717, 1.165) is 10.6 Å². The molecule has 0 radical (unpaired) electrons. The molecule has 2 amide bonds. The molecule has 1 saturated heterocycles. The van der Waals surface area contributed by atoms with Crippen LogP contribution in [-0.4, -0.2) is 49.4 Å². The van der Waals surface area contributed by atoms with Gasteiger partial charge in [0.1, 0.15) is 18.2 Å². The molecule has 104 valence electrons. The molecule has 2 aromatic rings. The van der Waals surface area contributed by atoms with Crippen molar-refractivity contribution in [2.75, 3.05) is 12.4 Å². The molecule has 1 fully saturated rings. The van der Waals surface area contributed by atoms with Gasteiger partial charge in [-0.25, -0.2) is 4.98 Å². The highest BCUT2D eigenvalue weighted by atomic mass is 16.2. The van der Waals surface area contributed by atoms with Gasteiger partial charge in [-0.1, -0.05) is 0 Å². The number of anilines is 1. The van der Waals surface area contributed by atoms with Crippen molar-refractivity contribution in [2.45, 2.75) is 25.8 Å². The van der Waals surface area contributed by atoms with E-state index in [-0.39, 0.29) is 11.8 Å². The minimum atomic E-state index is -0.438.